The highest BCUT2D eigenvalue weighted by atomic mass is 31.0. The maximum absolute atomic E-state index is 2.90. The van der Waals surface area contributed by atoms with Crippen molar-refractivity contribution in [3.8, 4) is 0 Å². The molecule has 1 aromatic carbocycles. The molecule has 0 saturated heterocycles. The quantitative estimate of drug-likeness (QED) is 0.624. The van der Waals surface area contributed by atoms with Crippen LogP contribution in [0.25, 0.3) is 0 Å². The number of hydrogen-bond donors (Lipinski definition) is 0. The monoisotopic (exact) mass is 302 g/mol. The van der Waals surface area contributed by atoms with E-state index in [1.165, 1.54) is 62.2 Å². The molecule has 0 nitrogen and oxygen atoms in total. The van der Waals surface area contributed by atoms with Crippen LogP contribution in [0.2, 0.25) is 0 Å². The van der Waals surface area contributed by atoms with Gasteiger partial charge in [0.25, 0.3) is 0 Å². The lowest BCUT2D eigenvalue weighted by Crippen LogP contribution is -2.25. The SMILES string of the molecule is Cc1ccc(C2CCC(C3CCC(C)CC3)CC2)cc1P. The van der Waals surface area contributed by atoms with Gasteiger partial charge in [-0.1, -0.05) is 38.0 Å². The first-order valence-corrected chi connectivity index (χ1v) is 9.57. The average molecular weight is 302 g/mol. The van der Waals surface area contributed by atoms with Gasteiger partial charge in [-0.2, -0.15) is 0 Å². The third-order valence-corrected chi connectivity index (χ3v) is 6.90. The van der Waals surface area contributed by atoms with Crippen LogP contribution in [-0.2, 0) is 0 Å². The zero-order valence-electron chi connectivity index (χ0n) is 13.8. The zero-order chi connectivity index (χ0) is 14.8. The fraction of sp³-hybridized carbons (Fsp3) is 0.700. The molecule has 2 aliphatic rings. The molecule has 116 valence electrons. The van der Waals surface area contributed by atoms with E-state index in [2.05, 4.69) is 41.3 Å². The molecule has 21 heavy (non-hydrogen) atoms. The van der Waals surface area contributed by atoms with E-state index in [9.17, 15) is 0 Å². The summed E-state index contributed by atoms with van der Waals surface area (Å²) in [7, 11) is 2.90. The van der Waals surface area contributed by atoms with Gasteiger partial charge >= 0.3 is 0 Å². The molecular weight excluding hydrogens is 271 g/mol. The molecule has 0 spiro atoms. The van der Waals surface area contributed by atoms with Crippen molar-refractivity contribution in [3.63, 3.8) is 0 Å². The van der Waals surface area contributed by atoms with Crippen molar-refractivity contribution in [2.24, 2.45) is 17.8 Å². The van der Waals surface area contributed by atoms with E-state index >= 15 is 0 Å². The first-order chi connectivity index (χ1) is 10.1. The standard InChI is InChI=1S/C20H31P/c1-14-3-6-16(7-4-14)17-9-11-18(12-10-17)19-8-5-15(2)20(21)13-19/h5,8,13-14,16-18H,3-4,6-7,9-12,21H2,1-2H3. The van der Waals surface area contributed by atoms with Crippen molar-refractivity contribution >= 4 is 14.5 Å². The molecule has 2 fully saturated rings. The van der Waals surface area contributed by atoms with Crippen molar-refractivity contribution in [2.45, 2.75) is 71.1 Å². The maximum Gasteiger partial charge on any atom is -0.0162 e. The molecule has 0 amide bonds. The van der Waals surface area contributed by atoms with Crippen molar-refractivity contribution < 1.29 is 0 Å². The summed E-state index contributed by atoms with van der Waals surface area (Å²) in [6.07, 6.45) is 11.8. The number of benzene rings is 1. The molecular formula is C20H31P. The molecule has 1 unspecified atom stereocenters. The van der Waals surface area contributed by atoms with Gasteiger partial charge in [0, 0.05) is 0 Å². The predicted octanol–water partition coefficient (Wildman–Crippen LogP) is 5.60. The molecule has 0 heterocycles. The van der Waals surface area contributed by atoms with E-state index < -0.39 is 0 Å². The van der Waals surface area contributed by atoms with E-state index in [1.807, 2.05) is 0 Å². The van der Waals surface area contributed by atoms with E-state index in [0.29, 0.717) is 0 Å². The highest BCUT2D eigenvalue weighted by molar-refractivity contribution is 7.27. The van der Waals surface area contributed by atoms with Crippen LogP contribution in [0.4, 0.5) is 0 Å². The summed E-state index contributed by atoms with van der Waals surface area (Å²) in [6, 6.07) is 7.08. The van der Waals surface area contributed by atoms with E-state index in [-0.39, 0.29) is 0 Å². The Balaban J connectivity index is 1.56. The first-order valence-electron chi connectivity index (χ1n) is 8.99. The Hall–Kier alpha value is -0.350. The average Bonchev–Trinajstić information content (AvgIpc) is 2.51. The second kappa shape index (κ2) is 6.82. The van der Waals surface area contributed by atoms with Gasteiger partial charge in [-0.05, 0) is 85.6 Å². The summed E-state index contributed by atoms with van der Waals surface area (Å²) in [4.78, 5) is 0. The number of aryl methyl sites for hydroxylation is 1. The molecule has 1 atom stereocenters. The van der Waals surface area contributed by atoms with Gasteiger partial charge in [0.2, 0.25) is 0 Å². The predicted molar refractivity (Wildman–Crippen MR) is 96.3 cm³/mol. The Morgan fingerprint density at radius 3 is 2.00 bits per heavy atom. The van der Waals surface area contributed by atoms with Crippen LogP contribution in [0, 0.1) is 24.7 Å². The van der Waals surface area contributed by atoms with Crippen molar-refractivity contribution in [2.75, 3.05) is 0 Å². The fourth-order valence-corrected chi connectivity index (χ4v) is 4.88. The maximum atomic E-state index is 2.90. The topological polar surface area (TPSA) is 0 Å². The lowest BCUT2D eigenvalue weighted by Gasteiger charge is -2.37. The second-order valence-corrected chi connectivity index (χ2v) is 8.37. The fourth-order valence-electron chi connectivity index (χ4n) is 4.59. The molecule has 2 aliphatic carbocycles. The molecule has 0 aromatic heterocycles. The summed E-state index contributed by atoms with van der Waals surface area (Å²) < 4.78 is 0. The van der Waals surface area contributed by atoms with Crippen LogP contribution < -0.4 is 5.30 Å². The van der Waals surface area contributed by atoms with Gasteiger partial charge in [-0.25, -0.2) is 0 Å². The normalized spacial score (nSPS) is 33.9. The summed E-state index contributed by atoms with van der Waals surface area (Å²) in [5.74, 6) is 3.90. The van der Waals surface area contributed by atoms with E-state index in [0.717, 1.165) is 23.7 Å². The zero-order valence-corrected chi connectivity index (χ0v) is 14.9. The van der Waals surface area contributed by atoms with Gasteiger partial charge in [0.15, 0.2) is 0 Å². The van der Waals surface area contributed by atoms with Crippen LogP contribution in [0.1, 0.15) is 75.3 Å². The van der Waals surface area contributed by atoms with Crippen molar-refractivity contribution in [3.05, 3.63) is 29.3 Å². The van der Waals surface area contributed by atoms with E-state index in [1.54, 1.807) is 5.56 Å². The summed E-state index contributed by atoms with van der Waals surface area (Å²) in [6.45, 7) is 4.64. The summed E-state index contributed by atoms with van der Waals surface area (Å²) in [5, 5.41) is 1.39. The first kappa shape index (κ1) is 15.5. The van der Waals surface area contributed by atoms with Gasteiger partial charge in [-0.15, -0.1) is 9.24 Å². The van der Waals surface area contributed by atoms with E-state index in [4.69, 9.17) is 0 Å². The minimum absolute atomic E-state index is 0.823. The molecule has 3 rings (SSSR count). The Labute approximate surface area is 133 Å². The molecule has 0 N–H and O–H groups in total. The summed E-state index contributed by atoms with van der Waals surface area (Å²) >= 11 is 0. The summed E-state index contributed by atoms with van der Waals surface area (Å²) in [5.41, 5.74) is 2.98. The van der Waals surface area contributed by atoms with Crippen LogP contribution in [0.5, 0.6) is 0 Å². The number of rotatable bonds is 2. The highest BCUT2D eigenvalue weighted by Crippen LogP contribution is 2.43. The van der Waals surface area contributed by atoms with Crippen LogP contribution in [-0.4, -0.2) is 0 Å². The van der Waals surface area contributed by atoms with Crippen molar-refractivity contribution in [1.29, 1.82) is 0 Å². The molecule has 1 aromatic rings. The van der Waals surface area contributed by atoms with Crippen molar-refractivity contribution in [1.82, 2.24) is 0 Å². The molecule has 0 bridgehead atoms. The molecule has 1 heteroatoms. The minimum Gasteiger partial charge on any atom is -0.105 e. The van der Waals surface area contributed by atoms with Gasteiger partial charge in [0.1, 0.15) is 0 Å². The third-order valence-electron chi connectivity index (χ3n) is 6.27. The van der Waals surface area contributed by atoms with Crippen LogP contribution >= 0.6 is 9.24 Å². The Morgan fingerprint density at radius 1 is 0.857 bits per heavy atom. The lowest BCUT2D eigenvalue weighted by molar-refractivity contribution is 0.165. The number of hydrogen-bond acceptors (Lipinski definition) is 0. The third kappa shape index (κ3) is 3.70. The Morgan fingerprint density at radius 2 is 1.43 bits per heavy atom. The molecule has 2 saturated carbocycles. The molecule has 0 radical (unpaired) electrons. The molecule has 0 aliphatic heterocycles. The highest BCUT2D eigenvalue weighted by Gasteiger charge is 2.30. The lowest BCUT2D eigenvalue weighted by atomic mass is 9.68. The van der Waals surface area contributed by atoms with Gasteiger partial charge in [0.05, 0.1) is 0 Å². The smallest absolute Gasteiger partial charge is 0.0162 e. The van der Waals surface area contributed by atoms with Crippen LogP contribution in [0.15, 0.2) is 18.2 Å². The Bertz CT molecular complexity index is 463. The van der Waals surface area contributed by atoms with Gasteiger partial charge in [-0.3, -0.25) is 0 Å². The van der Waals surface area contributed by atoms with Gasteiger partial charge < -0.3 is 0 Å². The Kier molecular flexibility index (Phi) is 5.05. The van der Waals surface area contributed by atoms with Crippen LogP contribution in [0.3, 0.4) is 0 Å². The largest absolute Gasteiger partial charge is 0.105 e. The minimum atomic E-state index is 0.823. The second-order valence-electron chi connectivity index (χ2n) is 7.75.